The zero-order valence-corrected chi connectivity index (χ0v) is 18.9. The molecule has 0 bridgehead atoms. The lowest BCUT2D eigenvalue weighted by Gasteiger charge is -2.25. The molecule has 0 aliphatic carbocycles. The Labute approximate surface area is 193 Å². The predicted molar refractivity (Wildman–Crippen MR) is 125 cm³/mol. The monoisotopic (exact) mass is 442 g/mol. The van der Waals surface area contributed by atoms with Crippen molar-refractivity contribution >= 4 is 17.4 Å². The topological polar surface area (TPSA) is 79.7 Å². The molecule has 1 aliphatic heterocycles. The summed E-state index contributed by atoms with van der Waals surface area (Å²) in [5.74, 6) is -0.843. The summed E-state index contributed by atoms with van der Waals surface area (Å²) in [5, 5.41) is 11.2. The van der Waals surface area contributed by atoms with Crippen molar-refractivity contribution in [1.29, 1.82) is 0 Å². The SMILES string of the molecule is Cc1cc(/C(O)=C2/C(=O)C(=O)N(Cc3cccnc3)C2c2ccccc2)ccc1OC(C)C. The lowest BCUT2D eigenvalue weighted by Crippen LogP contribution is -2.29. The van der Waals surface area contributed by atoms with Gasteiger partial charge in [0.15, 0.2) is 0 Å². The van der Waals surface area contributed by atoms with E-state index < -0.39 is 17.7 Å². The van der Waals surface area contributed by atoms with E-state index >= 15 is 0 Å². The predicted octanol–water partition coefficient (Wildman–Crippen LogP) is 4.80. The van der Waals surface area contributed by atoms with E-state index in [1.807, 2.05) is 57.2 Å². The second-order valence-corrected chi connectivity index (χ2v) is 8.35. The molecule has 0 spiro atoms. The maximum absolute atomic E-state index is 13.2. The van der Waals surface area contributed by atoms with Gasteiger partial charge in [0.2, 0.25) is 0 Å². The molecule has 6 nitrogen and oxygen atoms in total. The van der Waals surface area contributed by atoms with E-state index in [-0.39, 0.29) is 24.0 Å². The molecule has 2 heterocycles. The second-order valence-electron chi connectivity index (χ2n) is 8.35. The van der Waals surface area contributed by atoms with Crippen LogP contribution in [0.1, 0.15) is 42.1 Å². The highest BCUT2D eigenvalue weighted by molar-refractivity contribution is 6.46. The number of ether oxygens (including phenoxy) is 1. The Morgan fingerprint density at radius 2 is 1.85 bits per heavy atom. The number of nitrogens with zero attached hydrogens (tertiary/aromatic N) is 2. The van der Waals surface area contributed by atoms with Gasteiger partial charge >= 0.3 is 0 Å². The zero-order chi connectivity index (χ0) is 23.5. The van der Waals surface area contributed by atoms with E-state index in [1.54, 1.807) is 36.7 Å². The van der Waals surface area contributed by atoms with Crippen molar-refractivity contribution in [2.75, 3.05) is 0 Å². The summed E-state index contributed by atoms with van der Waals surface area (Å²) in [6.45, 7) is 5.97. The van der Waals surface area contributed by atoms with Crippen LogP contribution in [0.15, 0.2) is 78.6 Å². The number of benzene rings is 2. The molecule has 1 atom stereocenters. The van der Waals surface area contributed by atoms with Crippen LogP contribution in [0.3, 0.4) is 0 Å². The van der Waals surface area contributed by atoms with Crippen molar-refractivity contribution in [3.05, 3.63) is 101 Å². The molecule has 168 valence electrons. The van der Waals surface area contributed by atoms with Crippen LogP contribution in [0, 0.1) is 6.92 Å². The van der Waals surface area contributed by atoms with Gasteiger partial charge in [0.05, 0.1) is 17.7 Å². The van der Waals surface area contributed by atoms with E-state index in [1.165, 1.54) is 4.90 Å². The molecule has 1 unspecified atom stereocenters. The van der Waals surface area contributed by atoms with Crippen molar-refractivity contribution in [3.63, 3.8) is 0 Å². The van der Waals surface area contributed by atoms with Crippen LogP contribution < -0.4 is 4.74 Å². The molecule has 0 saturated carbocycles. The highest BCUT2D eigenvalue weighted by Gasteiger charge is 2.46. The fraction of sp³-hybridized carbons (Fsp3) is 0.222. The Hall–Kier alpha value is -3.93. The molecular weight excluding hydrogens is 416 g/mol. The van der Waals surface area contributed by atoms with Gasteiger partial charge in [0.25, 0.3) is 11.7 Å². The number of aliphatic hydroxyl groups excluding tert-OH is 1. The van der Waals surface area contributed by atoms with Gasteiger partial charge in [0, 0.05) is 24.5 Å². The number of hydrogen-bond acceptors (Lipinski definition) is 5. The minimum Gasteiger partial charge on any atom is -0.507 e. The number of likely N-dealkylation sites (tertiary alicyclic amines) is 1. The second kappa shape index (κ2) is 9.28. The normalized spacial score (nSPS) is 17.6. The van der Waals surface area contributed by atoms with E-state index in [0.29, 0.717) is 11.3 Å². The minimum atomic E-state index is -0.710. The number of carbonyl (C=O) groups is 2. The Morgan fingerprint density at radius 3 is 2.48 bits per heavy atom. The number of Topliss-reactive ketones (excluding diaryl/α,β-unsaturated/α-hetero) is 1. The molecular formula is C27H26N2O4. The maximum Gasteiger partial charge on any atom is 0.295 e. The summed E-state index contributed by atoms with van der Waals surface area (Å²) in [7, 11) is 0. The number of rotatable bonds is 6. The van der Waals surface area contributed by atoms with Crippen LogP contribution in [-0.2, 0) is 16.1 Å². The highest BCUT2D eigenvalue weighted by Crippen LogP contribution is 2.40. The number of amides is 1. The van der Waals surface area contributed by atoms with Crippen LogP contribution >= 0.6 is 0 Å². The average molecular weight is 443 g/mol. The third-order valence-corrected chi connectivity index (χ3v) is 5.54. The Morgan fingerprint density at radius 1 is 1.09 bits per heavy atom. The molecule has 1 N–H and O–H groups in total. The third kappa shape index (κ3) is 4.51. The number of hydrogen-bond donors (Lipinski definition) is 1. The fourth-order valence-corrected chi connectivity index (χ4v) is 4.05. The molecule has 2 aromatic carbocycles. The first-order chi connectivity index (χ1) is 15.9. The standard InChI is InChI=1S/C27H26N2O4/c1-17(2)33-22-12-11-21(14-18(22)3)25(30)23-24(20-9-5-4-6-10-20)29(27(32)26(23)31)16-19-8-7-13-28-15-19/h4-15,17,24,30H,16H2,1-3H3/b25-23-. The summed E-state index contributed by atoms with van der Waals surface area (Å²) in [6.07, 6.45) is 3.33. The number of aryl methyl sites for hydroxylation is 1. The Kier molecular flexibility index (Phi) is 6.27. The quantitative estimate of drug-likeness (QED) is 0.337. The summed E-state index contributed by atoms with van der Waals surface area (Å²) < 4.78 is 5.78. The summed E-state index contributed by atoms with van der Waals surface area (Å²) >= 11 is 0. The van der Waals surface area contributed by atoms with Crippen molar-refractivity contribution in [2.24, 2.45) is 0 Å². The molecule has 1 amide bonds. The van der Waals surface area contributed by atoms with Gasteiger partial charge < -0.3 is 14.7 Å². The lowest BCUT2D eigenvalue weighted by molar-refractivity contribution is -0.140. The van der Waals surface area contributed by atoms with E-state index in [2.05, 4.69) is 4.98 Å². The highest BCUT2D eigenvalue weighted by atomic mass is 16.5. The average Bonchev–Trinajstić information content (AvgIpc) is 3.06. The minimum absolute atomic E-state index is 0.0130. The van der Waals surface area contributed by atoms with E-state index in [0.717, 1.165) is 16.7 Å². The van der Waals surface area contributed by atoms with Crippen molar-refractivity contribution in [2.45, 2.75) is 39.5 Å². The maximum atomic E-state index is 13.2. The largest absolute Gasteiger partial charge is 0.507 e. The summed E-state index contributed by atoms with van der Waals surface area (Å²) in [6, 6.07) is 17.4. The molecule has 4 rings (SSSR count). The van der Waals surface area contributed by atoms with E-state index in [4.69, 9.17) is 4.74 Å². The molecule has 6 heteroatoms. The lowest BCUT2D eigenvalue weighted by atomic mass is 9.94. The first kappa shape index (κ1) is 22.3. The first-order valence-electron chi connectivity index (χ1n) is 10.9. The molecule has 1 fully saturated rings. The van der Waals surface area contributed by atoms with Gasteiger partial charge in [0.1, 0.15) is 11.5 Å². The van der Waals surface area contributed by atoms with Gasteiger partial charge in [-0.1, -0.05) is 36.4 Å². The van der Waals surface area contributed by atoms with E-state index in [9.17, 15) is 14.7 Å². The van der Waals surface area contributed by atoms with Crippen molar-refractivity contribution in [3.8, 4) is 5.75 Å². The zero-order valence-electron chi connectivity index (χ0n) is 18.9. The fourth-order valence-electron chi connectivity index (χ4n) is 4.05. The first-order valence-corrected chi connectivity index (χ1v) is 10.9. The number of pyridine rings is 1. The number of carbonyl (C=O) groups excluding carboxylic acids is 2. The van der Waals surface area contributed by atoms with Crippen LogP contribution in [0.4, 0.5) is 0 Å². The van der Waals surface area contributed by atoms with Gasteiger partial charge in [-0.2, -0.15) is 0 Å². The number of aliphatic hydroxyl groups is 1. The van der Waals surface area contributed by atoms with Crippen molar-refractivity contribution < 1.29 is 19.4 Å². The van der Waals surface area contributed by atoms with Crippen LogP contribution in [0.2, 0.25) is 0 Å². The molecule has 1 aliphatic rings. The Bertz CT molecular complexity index is 1200. The van der Waals surface area contributed by atoms with Gasteiger partial charge in [-0.25, -0.2) is 0 Å². The van der Waals surface area contributed by atoms with Gasteiger partial charge in [-0.3, -0.25) is 14.6 Å². The molecule has 1 aromatic heterocycles. The molecule has 3 aromatic rings. The van der Waals surface area contributed by atoms with Crippen LogP contribution in [0.5, 0.6) is 5.75 Å². The smallest absolute Gasteiger partial charge is 0.295 e. The van der Waals surface area contributed by atoms with Gasteiger partial charge in [-0.15, -0.1) is 0 Å². The molecule has 33 heavy (non-hydrogen) atoms. The number of ketones is 1. The summed E-state index contributed by atoms with van der Waals surface area (Å²) in [4.78, 5) is 31.8. The van der Waals surface area contributed by atoms with Crippen molar-refractivity contribution in [1.82, 2.24) is 9.88 Å². The third-order valence-electron chi connectivity index (χ3n) is 5.54. The number of aromatic nitrogens is 1. The van der Waals surface area contributed by atoms with Crippen LogP contribution in [-0.4, -0.2) is 32.8 Å². The van der Waals surface area contributed by atoms with Gasteiger partial charge in [-0.05, 0) is 61.7 Å². The summed E-state index contributed by atoms with van der Waals surface area (Å²) in [5.41, 5.74) is 2.91. The molecule has 0 radical (unpaired) electrons. The molecule has 1 saturated heterocycles. The van der Waals surface area contributed by atoms with Crippen LogP contribution in [0.25, 0.3) is 5.76 Å². The Balaban J connectivity index is 1.81.